The van der Waals surface area contributed by atoms with E-state index in [9.17, 15) is 9.90 Å². The number of hydrogen-bond acceptors (Lipinski definition) is 5. The second-order valence-electron chi connectivity index (χ2n) is 9.06. The molecule has 6 heteroatoms. The Kier molecular flexibility index (Phi) is 5.46. The van der Waals surface area contributed by atoms with Crippen molar-refractivity contribution in [3.8, 4) is 11.5 Å². The highest BCUT2D eigenvalue weighted by Crippen LogP contribution is 2.48. The topological polar surface area (TPSA) is 73.8 Å². The summed E-state index contributed by atoms with van der Waals surface area (Å²) in [6.07, 6.45) is 1.52. The maximum atomic E-state index is 12.8. The third kappa shape index (κ3) is 4.14. The van der Waals surface area contributed by atoms with E-state index in [0.717, 1.165) is 24.1 Å². The quantitative estimate of drug-likeness (QED) is 0.549. The van der Waals surface area contributed by atoms with E-state index in [1.165, 1.54) is 11.1 Å². The number of phenolic OH excluding ortho intramolecular Hbond substituents is 1. The van der Waals surface area contributed by atoms with E-state index in [4.69, 9.17) is 4.74 Å². The molecule has 2 unspecified atom stereocenters. The van der Waals surface area contributed by atoms with Crippen LogP contribution >= 0.6 is 0 Å². The van der Waals surface area contributed by atoms with E-state index in [-0.39, 0.29) is 17.7 Å². The van der Waals surface area contributed by atoms with Crippen molar-refractivity contribution in [1.82, 2.24) is 10.6 Å². The lowest BCUT2D eigenvalue weighted by atomic mass is 9.90. The van der Waals surface area contributed by atoms with Crippen molar-refractivity contribution in [1.29, 1.82) is 0 Å². The number of nitrogens with one attached hydrogen (secondary N) is 2. The van der Waals surface area contributed by atoms with E-state index in [1.807, 2.05) is 43.3 Å². The number of carbonyl (C=O) groups is 1. The molecule has 1 fully saturated rings. The predicted molar refractivity (Wildman–Crippen MR) is 129 cm³/mol. The minimum Gasteiger partial charge on any atom is -0.504 e. The minimum atomic E-state index is -0.637. The molecule has 3 N–H and O–H groups in total. The number of anilines is 1. The van der Waals surface area contributed by atoms with Crippen molar-refractivity contribution < 1.29 is 14.6 Å². The lowest BCUT2D eigenvalue weighted by Crippen LogP contribution is -2.62. The van der Waals surface area contributed by atoms with Gasteiger partial charge in [-0.15, -0.1) is 0 Å². The zero-order valence-corrected chi connectivity index (χ0v) is 19.0. The van der Waals surface area contributed by atoms with Crippen molar-refractivity contribution in [2.75, 3.05) is 18.1 Å². The van der Waals surface area contributed by atoms with Crippen molar-refractivity contribution in [3.63, 3.8) is 0 Å². The van der Waals surface area contributed by atoms with Crippen LogP contribution in [0.25, 0.3) is 0 Å². The van der Waals surface area contributed by atoms with Crippen LogP contribution in [0.1, 0.15) is 46.4 Å². The van der Waals surface area contributed by atoms with Crippen LogP contribution in [0.15, 0.2) is 66.7 Å². The van der Waals surface area contributed by atoms with E-state index in [1.54, 1.807) is 6.07 Å². The van der Waals surface area contributed by atoms with Gasteiger partial charge in [0.05, 0.1) is 6.67 Å². The summed E-state index contributed by atoms with van der Waals surface area (Å²) in [7, 11) is 0. The molecule has 0 spiro atoms. The van der Waals surface area contributed by atoms with Crippen LogP contribution < -0.4 is 20.3 Å². The molecule has 0 saturated carbocycles. The van der Waals surface area contributed by atoms with Gasteiger partial charge in [-0.05, 0) is 50.1 Å². The number of nitrogens with zero attached hydrogens (tertiary/aromatic N) is 1. The number of phenols is 1. The van der Waals surface area contributed by atoms with Gasteiger partial charge in [0.1, 0.15) is 0 Å². The molecule has 5 rings (SSSR count). The molecule has 1 amide bonds. The summed E-state index contributed by atoms with van der Waals surface area (Å²) >= 11 is 0. The van der Waals surface area contributed by atoms with Gasteiger partial charge in [0, 0.05) is 35.8 Å². The van der Waals surface area contributed by atoms with Gasteiger partial charge < -0.3 is 20.1 Å². The molecule has 2 bridgehead atoms. The number of amides is 1. The van der Waals surface area contributed by atoms with Crippen molar-refractivity contribution in [3.05, 3.63) is 89.0 Å². The SMILES string of the molecule is Cc1ccc(CCNC(=O)c2cccc(N3CNC4CC3(C)Oc3c(O)cccc34)c2)cc1. The van der Waals surface area contributed by atoms with E-state index in [2.05, 4.69) is 46.7 Å². The second-order valence-corrected chi connectivity index (χ2v) is 9.06. The Morgan fingerprint density at radius 1 is 1.18 bits per heavy atom. The fourth-order valence-electron chi connectivity index (χ4n) is 4.75. The van der Waals surface area contributed by atoms with Gasteiger partial charge in [-0.3, -0.25) is 10.1 Å². The van der Waals surface area contributed by atoms with Gasteiger partial charge in [0.2, 0.25) is 0 Å². The van der Waals surface area contributed by atoms with Gasteiger partial charge in [-0.2, -0.15) is 0 Å². The smallest absolute Gasteiger partial charge is 0.251 e. The molecule has 2 heterocycles. The number of carbonyl (C=O) groups excluding carboxylic acids is 1. The third-order valence-electron chi connectivity index (χ3n) is 6.61. The number of aromatic hydroxyl groups is 1. The number of fused-ring (bicyclic) bond motifs is 4. The molecule has 0 aromatic heterocycles. The molecule has 2 atom stereocenters. The Morgan fingerprint density at radius 3 is 2.79 bits per heavy atom. The molecule has 170 valence electrons. The zero-order chi connectivity index (χ0) is 23.0. The Hall–Kier alpha value is -3.51. The Morgan fingerprint density at radius 2 is 1.97 bits per heavy atom. The number of para-hydroxylation sites is 1. The monoisotopic (exact) mass is 443 g/mol. The lowest BCUT2D eigenvalue weighted by Gasteiger charge is -2.52. The fraction of sp³-hybridized carbons (Fsp3) is 0.296. The number of rotatable bonds is 5. The summed E-state index contributed by atoms with van der Waals surface area (Å²) in [6, 6.07) is 21.6. The summed E-state index contributed by atoms with van der Waals surface area (Å²) in [4.78, 5) is 14.9. The number of benzene rings is 3. The summed E-state index contributed by atoms with van der Waals surface area (Å²) in [5.74, 6) is 0.580. The van der Waals surface area contributed by atoms with Crippen LogP contribution in [0.5, 0.6) is 11.5 Å². The Bertz CT molecular complexity index is 1180. The van der Waals surface area contributed by atoms with Gasteiger partial charge in [-0.1, -0.05) is 48.0 Å². The van der Waals surface area contributed by atoms with E-state index < -0.39 is 5.72 Å². The molecular formula is C27H29N3O3. The zero-order valence-electron chi connectivity index (χ0n) is 19.0. The summed E-state index contributed by atoms with van der Waals surface area (Å²) in [5.41, 5.74) is 4.29. The van der Waals surface area contributed by atoms with Crippen molar-refractivity contribution in [2.24, 2.45) is 0 Å². The molecule has 3 aromatic rings. The van der Waals surface area contributed by atoms with Gasteiger partial charge in [0.15, 0.2) is 17.2 Å². The van der Waals surface area contributed by atoms with Crippen molar-refractivity contribution in [2.45, 2.75) is 38.5 Å². The molecule has 2 aliphatic rings. The maximum absolute atomic E-state index is 12.8. The summed E-state index contributed by atoms with van der Waals surface area (Å²) in [6.45, 7) is 5.26. The molecule has 0 aliphatic carbocycles. The molecule has 1 saturated heterocycles. The first-order chi connectivity index (χ1) is 15.9. The highest BCUT2D eigenvalue weighted by molar-refractivity contribution is 5.95. The summed E-state index contributed by atoms with van der Waals surface area (Å²) < 4.78 is 6.35. The first kappa shape index (κ1) is 21.3. The third-order valence-corrected chi connectivity index (χ3v) is 6.61. The molecule has 33 heavy (non-hydrogen) atoms. The lowest BCUT2D eigenvalue weighted by molar-refractivity contribution is 0.0188. The van der Waals surface area contributed by atoms with Crippen LogP contribution in [0, 0.1) is 6.92 Å². The predicted octanol–water partition coefficient (Wildman–Crippen LogP) is 4.28. The number of ether oxygens (including phenoxy) is 1. The normalized spacial score (nSPS) is 21.2. The van der Waals surface area contributed by atoms with E-state index in [0.29, 0.717) is 24.5 Å². The molecule has 3 aromatic carbocycles. The first-order valence-electron chi connectivity index (χ1n) is 11.4. The highest BCUT2D eigenvalue weighted by atomic mass is 16.5. The summed E-state index contributed by atoms with van der Waals surface area (Å²) in [5, 5.41) is 16.9. The Balaban J connectivity index is 1.30. The molecule has 2 aliphatic heterocycles. The van der Waals surface area contributed by atoms with Crippen LogP contribution in [0.3, 0.4) is 0 Å². The average Bonchev–Trinajstić information content (AvgIpc) is 2.81. The fourth-order valence-corrected chi connectivity index (χ4v) is 4.75. The standard InChI is InChI=1S/C27H29N3O3/c1-18-9-11-19(12-10-18)13-14-28-26(32)20-5-3-6-21(15-20)30-17-29-23-16-27(30,2)33-25-22(23)7-4-8-24(25)31/h3-12,15,23,29,31H,13-14,16-17H2,1-2H3,(H,28,32). The van der Waals surface area contributed by atoms with Gasteiger partial charge in [0.25, 0.3) is 5.91 Å². The average molecular weight is 444 g/mol. The molecule has 6 nitrogen and oxygen atoms in total. The van der Waals surface area contributed by atoms with Crippen LogP contribution in [-0.2, 0) is 6.42 Å². The van der Waals surface area contributed by atoms with Crippen LogP contribution in [-0.4, -0.2) is 30.0 Å². The maximum Gasteiger partial charge on any atom is 0.251 e. The Labute approximate surface area is 194 Å². The van der Waals surface area contributed by atoms with E-state index >= 15 is 0 Å². The molecular weight excluding hydrogens is 414 g/mol. The van der Waals surface area contributed by atoms with Gasteiger partial charge in [-0.25, -0.2) is 0 Å². The number of aryl methyl sites for hydroxylation is 1. The first-order valence-corrected chi connectivity index (χ1v) is 11.4. The molecule has 0 radical (unpaired) electrons. The van der Waals surface area contributed by atoms with Crippen LogP contribution in [0.2, 0.25) is 0 Å². The number of hydrogen-bond donors (Lipinski definition) is 3. The van der Waals surface area contributed by atoms with Crippen LogP contribution in [0.4, 0.5) is 5.69 Å². The van der Waals surface area contributed by atoms with Crippen molar-refractivity contribution >= 4 is 11.6 Å². The largest absolute Gasteiger partial charge is 0.504 e. The minimum absolute atomic E-state index is 0.0930. The highest BCUT2D eigenvalue weighted by Gasteiger charge is 2.46. The second kappa shape index (κ2) is 8.45. The van der Waals surface area contributed by atoms with Gasteiger partial charge >= 0.3 is 0 Å².